The number of fused-ring (bicyclic) bond motifs is 3. The summed E-state index contributed by atoms with van der Waals surface area (Å²) in [5, 5.41) is 0. The van der Waals surface area contributed by atoms with Crippen LogP contribution in [-0.4, -0.2) is 0 Å². The lowest BCUT2D eigenvalue weighted by Gasteiger charge is -2.20. The Labute approximate surface area is 84.3 Å². The van der Waals surface area contributed by atoms with E-state index >= 15 is 0 Å². The molecule has 0 saturated carbocycles. The van der Waals surface area contributed by atoms with E-state index in [-0.39, 0.29) is 0 Å². The lowest BCUT2D eigenvalue weighted by atomic mass is 9.84. The molecule has 0 saturated heterocycles. The molecular formula is C14H12. The summed E-state index contributed by atoms with van der Waals surface area (Å²) in [5.41, 5.74) is 5.53. The fraction of sp³-hybridized carbons (Fsp3) is 0.143. The highest BCUT2D eigenvalue weighted by Crippen LogP contribution is 2.44. The molecule has 2 aliphatic carbocycles. The Morgan fingerprint density at radius 3 is 3.00 bits per heavy atom. The largest absolute Gasteiger partial charge is 0.0949 e. The van der Waals surface area contributed by atoms with Gasteiger partial charge in [-0.05, 0) is 23.1 Å². The van der Waals surface area contributed by atoms with Crippen molar-refractivity contribution >= 4 is 6.08 Å². The zero-order valence-electron chi connectivity index (χ0n) is 8.03. The summed E-state index contributed by atoms with van der Waals surface area (Å²) < 4.78 is 0. The summed E-state index contributed by atoms with van der Waals surface area (Å²) in [7, 11) is 0. The van der Waals surface area contributed by atoms with Gasteiger partial charge in [0.25, 0.3) is 0 Å². The van der Waals surface area contributed by atoms with E-state index in [0.717, 1.165) is 6.42 Å². The van der Waals surface area contributed by atoms with Crippen LogP contribution in [0, 0.1) is 0 Å². The Balaban J connectivity index is 2.20. The van der Waals surface area contributed by atoms with Crippen LogP contribution in [-0.2, 0) is 0 Å². The first-order valence-electron chi connectivity index (χ1n) is 5.01. The number of hydrogen-bond acceptors (Lipinski definition) is 0. The molecule has 0 aromatic heterocycles. The maximum absolute atomic E-state index is 4.13. The molecule has 68 valence electrons. The zero-order valence-corrected chi connectivity index (χ0v) is 8.03. The average molecular weight is 180 g/mol. The van der Waals surface area contributed by atoms with Gasteiger partial charge in [-0.2, -0.15) is 0 Å². The van der Waals surface area contributed by atoms with Crippen LogP contribution in [0.15, 0.2) is 54.1 Å². The summed E-state index contributed by atoms with van der Waals surface area (Å²) in [6.45, 7) is 4.13. The van der Waals surface area contributed by atoms with Crippen LogP contribution in [0.5, 0.6) is 0 Å². The predicted octanol–water partition coefficient (Wildman–Crippen LogP) is 3.68. The van der Waals surface area contributed by atoms with Gasteiger partial charge in [-0.15, -0.1) is 0 Å². The van der Waals surface area contributed by atoms with Crippen LogP contribution >= 0.6 is 0 Å². The molecule has 3 rings (SSSR count). The molecule has 0 aliphatic heterocycles. The van der Waals surface area contributed by atoms with E-state index in [2.05, 4.69) is 49.1 Å². The van der Waals surface area contributed by atoms with Gasteiger partial charge in [0, 0.05) is 5.92 Å². The number of rotatable bonds is 0. The molecule has 0 spiro atoms. The average Bonchev–Trinajstić information content (AvgIpc) is 2.57. The summed E-state index contributed by atoms with van der Waals surface area (Å²) in [6.07, 6.45) is 7.76. The molecule has 1 aromatic rings. The van der Waals surface area contributed by atoms with Crippen molar-refractivity contribution in [1.82, 2.24) is 0 Å². The van der Waals surface area contributed by atoms with E-state index in [1.165, 1.54) is 22.3 Å². The van der Waals surface area contributed by atoms with Crippen LogP contribution in [0.1, 0.15) is 23.5 Å². The topological polar surface area (TPSA) is 0 Å². The first-order chi connectivity index (χ1) is 6.86. The highest BCUT2D eigenvalue weighted by molar-refractivity contribution is 5.70. The third-order valence-electron chi connectivity index (χ3n) is 3.07. The molecule has 2 aliphatic rings. The highest BCUT2D eigenvalue weighted by Gasteiger charge is 2.27. The second-order valence-corrected chi connectivity index (χ2v) is 3.96. The molecule has 0 radical (unpaired) electrons. The Kier molecular flexibility index (Phi) is 1.51. The molecule has 0 amide bonds. The fourth-order valence-corrected chi connectivity index (χ4v) is 2.45. The van der Waals surface area contributed by atoms with Crippen molar-refractivity contribution in [1.29, 1.82) is 0 Å². The Morgan fingerprint density at radius 1 is 1.21 bits per heavy atom. The lowest BCUT2D eigenvalue weighted by Crippen LogP contribution is -2.03. The minimum Gasteiger partial charge on any atom is -0.0949 e. The zero-order chi connectivity index (χ0) is 9.54. The first-order valence-corrected chi connectivity index (χ1v) is 5.01. The molecule has 0 heterocycles. The van der Waals surface area contributed by atoms with Gasteiger partial charge < -0.3 is 0 Å². The second-order valence-electron chi connectivity index (χ2n) is 3.96. The van der Waals surface area contributed by atoms with Gasteiger partial charge in [0.15, 0.2) is 0 Å². The van der Waals surface area contributed by atoms with Gasteiger partial charge in [-0.3, -0.25) is 0 Å². The van der Waals surface area contributed by atoms with Gasteiger partial charge in [-0.1, -0.05) is 54.6 Å². The normalized spacial score (nSPS) is 23.0. The van der Waals surface area contributed by atoms with E-state index in [0.29, 0.717) is 5.92 Å². The van der Waals surface area contributed by atoms with Crippen molar-refractivity contribution in [2.75, 3.05) is 0 Å². The third-order valence-corrected chi connectivity index (χ3v) is 3.07. The molecule has 0 bridgehead atoms. The van der Waals surface area contributed by atoms with Crippen molar-refractivity contribution in [2.45, 2.75) is 12.3 Å². The maximum atomic E-state index is 4.13. The van der Waals surface area contributed by atoms with Crippen LogP contribution < -0.4 is 0 Å². The first kappa shape index (κ1) is 7.81. The van der Waals surface area contributed by atoms with Crippen LogP contribution in [0.3, 0.4) is 0 Å². The highest BCUT2D eigenvalue weighted by atomic mass is 14.3. The summed E-state index contributed by atoms with van der Waals surface area (Å²) in [6, 6.07) is 8.62. The van der Waals surface area contributed by atoms with E-state index in [1.54, 1.807) is 0 Å². The number of allylic oxidation sites excluding steroid dienone is 4. The minimum atomic E-state index is 0.469. The Bertz CT molecular complexity index is 461. The summed E-state index contributed by atoms with van der Waals surface area (Å²) >= 11 is 0. The fourth-order valence-electron chi connectivity index (χ4n) is 2.45. The van der Waals surface area contributed by atoms with Crippen molar-refractivity contribution in [3.63, 3.8) is 0 Å². The predicted molar refractivity (Wildman–Crippen MR) is 60.1 cm³/mol. The van der Waals surface area contributed by atoms with Gasteiger partial charge >= 0.3 is 0 Å². The van der Waals surface area contributed by atoms with E-state index in [4.69, 9.17) is 0 Å². The number of hydrogen-bond donors (Lipinski definition) is 0. The molecule has 1 atom stereocenters. The molecule has 0 nitrogen and oxygen atoms in total. The SMILES string of the molecule is C=C1C=CCC2=Cc3ccccc3C12. The van der Waals surface area contributed by atoms with Crippen LogP contribution in [0.2, 0.25) is 0 Å². The summed E-state index contributed by atoms with van der Waals surface area (Å²) in [4.78, 5) is 0. The minimum absolute atomic E-state index is 0.469. The van der Waals surface area contributed by atoms with Gasteiger partial charge in [-0.25, -0.2) is 0 Å². The van der Waals surface area contributed by atoms with Gasteiger partial charge in [0.2, 0.25) is 0 Å². The molecule has 14 heavy (non-hydrogen) atoms. The van der Waals surface area contributed by atoms with Crippen LogP contribution in [0.25, 0.3) is 6.08 Å². The quantitative estimate of drug-likeness (QED) is 0.571. The number of benzene rings is 1. The standard InChI is InChI=1S/C14H12/c1-10-5-4-7-12-9-11-6-2-3-8-13(11)14(10)12/h2-6,8-9,14H,1,7H2. The summed E-state index contributed by atoms with van der Waals surface area (Å²) in [5.74, 6) is 0.469. The third kappa shape index (κ3) is 0.941. The van der Waals surface area contributed by atoms with Gasteiger partial charge in [0.1, 0.15) is 0 Å². The smallest absolute Gasteiger partial charge is 0.0305 e. The molecule has 1 unspecified atom stereocenters. The van der Waals surface area contributed by atoms with E-state index in [9.17, 15) is 0 Å². The van der Waals surface area contributed by atoms with Crippen molar-refractivity contribution in [3.05, 3.63) is 65.3 Å². The molecule has 0 heteroatoms. The monoisotopic (exact) mass is 180 g/mol. The molecule has 1 aromatic carbocycles. The second kappa shape index (κ2) is 2.71. The van der Waals surface area contributed by atoms with E-state index in [1.807, 2.05) is 0 Å². The van der Waals surface area contributed by atoms with Gasteiger partial charge in [0.05, 0.1) is 0 Å². The van der Waals surface area contributed by atoms with E-state index < -0.39 is 0 Å². The molecule has 0 N–H and O–H groups in total. The molecule has 0 fully saturated rings. The maximum Gasteiger partial charge on any atom is 0.0305 e. The van der Waals surface area contributed by atoms with Crippen molar-refractivity contribution < 1.29 is 0 Å². The Hall–Kier alpha value is -1.56. The Morgan fingerprint density at radius 2 is 2.07 bits per heavy atom. The van der Waals surface area contributed by atoms with Crippen LogP contribution in [0.4, 0.5) is 0 Å². The van der Waals surface area contributed by atoms with Crippen molar-refractivity contribution in [2.24, 2.45) is 0 Å². The lowest BCUT2D eigenvalue weighted by molar-refractivity contribution is 0.917. The molecular weight excluding hydrogens is 168 g/mol. The van der Waals surface area contributed by atoms with Crippen molar-refractivity contribution in [3.8, 4) is 0 Å².